The minimum atomic E-state index is -0.873. The molecule has 1 atom stereocenters. The molecule has 2 aromatic carbocycles. The molecule has 1 nitrogen and oxygen atoms in total. The molecule has 2 rings (SSSR count). The van der Waals surface area contributed by atoms with Crippen molar-refractivity contribution >= 4 is 26.7 Å². The maximum absolute atomic E-state index is 13.8. The summed E-state index contributed by atoms with van der Waals surface area (Å²) >= 11 is 3.45. The zero-order valence-corrected chi connectivity index (χ0v) is 14.0. The molecule has 0 aromatic heterocycles. The van der Waals surface area contributed by atoms with Gasteiger partial charge in [0.1, 0.15) is 18.5 Å². The molecular weight excluding hydrogens is 331 g/mol. The Labute approximate surface area is 134 Å². The van der Waals surface area contributed by atoms with E-state index in [-0.39, 0.29) is 6.61 Å². The number of alkyl halides is 1. The molecule has 0 radical (unpaired) electrons. The highest BCUT2D eigenvalue weighted by atomic mass is 79.9. The molecule has 0 amide bonds. The second-order valence-electron chi connectivity index (χ2n) is 5.41. The summed E-state index contributed by atoms with van der Waals surface area (Å²) < 4.78 is 20.4. The van der Waals surface area contributed by atoms with Gasteiger partial charge in [0.05, 0.1) is 0 Å². The minimum Gasteiger partial charge on any atom is -0.491 e. The van der Waals surface area contributed by atoms with E-state index in [1.807, 2.05) is 30.3 Å². The lowest BCUT2D eigenvalue weighted by molar-refractivity contribution is 0.184. The molecule has 2 aromatic rings. The largest absolute Gasteiger partial charge is 0.491 e. The average molecular weight is 353 g/mol. The van der Waals surface area contributed by atoms with Gasteiger partial charge in [-0.2, -0.15) is 0 Å². The number of hydrogen-bond acceptors (Lipinski definition) is 1. The summed E-state index contributed by atoms with van der Waals surface area (Å²) in [7, 11) is 0. The molecular formula is C18H22BrFO. The summed E-state index contributed by atoms with van der Waals surface area (Å²) in [4.78, 5) is 0. The normalized spacial score (nSPS) is 12.5. The summed E-state index contributed by atoms with van der Waals surface area (Å²) in [6, 6.07) is 12.0. The van der Waals surface area contributed by atoms with Gasteiger partial charge in [0.25, 0.3) is 0 Å². The summed E-state index contributed by atoms with van der Waals surface area (Å²) in [6.07, 6.45) is 4.16. The van der Waals surface area contributed by atoms with Crippen LogP contribution in [0, 0.1) is 0 Å². The quantitative estimate of drug-likeness (QED) is 0.507. The Morgan fingerprint density at radius 1 is 1.05 bits per heavy atom. The zero-order chi connectivity index (χ0) is 15.1. The van der Waals surface area contributed by atoms with E-state index in [9.17, 15) is 4.39 Å². The highest BCUT2D eigenvalue weighted by Crippen LogP contribution is 2.24. The van der Waals surface area contributed by atoms with Crippen LogP contribution in [0.5, 0.6) is 5.75 Å². The van der Waals surface area contributed by atoms with E-state index in [1.165, 1.54) is 12.8 Å². The first-order chi connectivity index (χ1) is 10.2. The van der Waals surface area contributed by atoms with E-state index < -0.39 is 6.17 Å². The van der Waals surface area contributed by atoms with Crippen molar-refractivity contribution in [3.05, 3.63) is 40.9 Å². The Morgan fingerprint density at radius 2 is 1.81 bits per heavy atom. The number of benzene rings is 2. The zero-order valence-electron chi connectivity index (χ0n) is 12.4. The first kappa shape index (κ1) is 16.3. The maximum atomic E-state index is 13.8. The van der Waals surface area contributed by atoms with Gasteiger partial charge >= 0.3 is 0 Å². The number of fused-ring (bicyclic) bond motifs is 1. The highest BCUT2D eigenvalue weighted by Gasteiger charge is 2.07. The molecule has 21 heavy (non-hydrogen) atoms. The van der Waals surface area contributed by atoms with Gasteiger partial charge in [-0.1, -0.05) is 60.7 Å². The molecule has 0 heterocycles. The smallest absolute Gasteiger partial charge is 0.134 e. The monoisotopic (exact) mass is 352 g/mol. The fraction of sp³-hybridized carbons (Fsp3) is 0.444. The van der Waals surface area contributed by atoms with Crippen LogP contribution in [0.3, 0.4) is 0 Å². The van der Waals surface area contributed by atoms with Gasteiger partial charge < -0.3 is 4.74 Å². The van der Waals surface area contributed by atoms with Crippen molar-refractivity contribution in [2.24, 2.45) is 0 Å². The van der Waals surface area contributed by atoms with Crippen LogP contribution >= 0.6 is 15.9 Å². The van der Waals surface area contributed by atoms with Crippen molar-refractivity contribution in [3.8, 4) is 5.75 Å². The van der Waals surface area contributed by atoms with E-state index in [1.54, 1.807) is 0 Å². The molecule has 114 valence electrons. The fourth-order valence-electron chi connectivity index (χ4n) is 2.35. The van der Waals surface area contributed by atoms with Gasteiger partial charge in [0, 0.05) is 4.47 Å². The lowest BCUT2D eigenvalue weighted by atomic mass is 10.1. The molecule has 3 heteroatoms. The number of rotatable bonds is 8. The van der Waals surface area contributed by atoms with Crippen LogP contribution in [0.25, 0.3) is 10.8 Å². The van der Waals surface area contributed by atoms with E-state index in [0.29, 0.717) is 6.42 Å². The topological polar surface area (TPSA) is 9.23 Å². The molecule has 0 bridgehead atoms. The SMILES string of the molecule is CCCCCCC(F)COc1ccc2cc(Br)ccc2c1. The van der Waals surface area contributed by atoms with Crippen molar-refractivity contribution in [2.75, 3.05) is 6.61 Å². The van der Waals surface area contributed by atoms with E-state index in [0.717, 1.165) is 33.8 Å². The van der Waals surface area contributed by atoms with Gasteiger partial charge in [0.15, 0.2) is 0 Å². The minimum absolute atomic E-state index is 0.147. The van der Waals surface area contributed by atoms with Crippen LogP contribution in [0.1, 0.15) is 39.0 Å². The number of ether oxygens (including phenoxy) is 1. The van der Waals surface area contributed by atoms with Crippen LogP contribution in [-0.2, 0) is 0 Å². The van der Waals surface area contributed by atoms with Gasteiger partial charge in [-0.05, 0) is 41.5 Å². The first-order valence-corrected chi connectivity index (χ1v) is 8.44. The van der Waals surface area contributed by atoms with Crippen molar-refractivity contribution < 1.29 is 9.13 Å². The summed E-state index contributed by atoms with van der Waals surface area (Å²) in [5, 5.41) is 2.25. The summed E-state index contributed by atoms with van der Waals surface area (Å²) in [5.41, 5.74) is 0. The molecule has 0 aliphatic carbocycles. The molecule has 0 fully saturated rings. The van der Waals surface area contributed by atoms with E-state index in [2.05, 4.69) is 28.9 Å². The predicted octanol–water partition coefficient (Wildman–Crippen LogP) is 6.29. The number of halogens is 2. The Kier molecular flexibility index (Phi) is 6.50. The Hall–Kier alpha value is -1.09. The van der Waals surface area contributed by atoms with Gasteiger partial charge in [-0.15, -0.1) is 0 Å². The predicted molar refractivity (Wildman–Crippen MR) is 90.8 cm³/mol. The van der Waals surface area contributed by atoms with E-state index in [4.69, 9.17) is 4.74 Å². The molecule has 0 aliphatic heterocycles. The van der Waals surface area contributed by atoms with Gasteiger partial charge in [0.2, 0.25) is 0 Å². The van der Waals surface area contributed by atoms with Crippen LogP contribution in [-0.4, -0.2) is 12.8 Å². The number of hydrogen-bond donors (Lipinski definition) is 0. The van der Waals surface area contributed by atoms with Crippen molar-refractivity contribution in [1.82, 2.24) is 0 Å². The fourth-order valence-corrected chi connectivity index (χ4v) is 2.73. The number of unbranched alkanes of at least 4 members (excludes halogenated alkanes) is 3. The summed E-state index contributed by atoms with van der Waals surface area (Å²) in [6.45, 7) is 2.31. The second-order valence-corrected chi connectivity index (χ2v) is 6.33. The standard InChI is InChI=1S/C18H22BrFO/c1-2-3-4-5-6-17(20)13-21-18-10-8-14-11-16(19)9-7-15(14)12-18/h7-12,17H,2-6,13H2,1H3. The lowest BCUT2D eigenvalue weighted by Gasteiger charge is -2.11. The van der Waals surface area contributed by atoms with Crippen molar-refractivity contribution in [1.29, 1.82) is 0 Å². The molecule has 0 spiro atoms. The molecule has 1 unspecified atom stereocenters. The van der Waals surface area contributed by atoms with Gasteiger partial charge in [-0.25, -0.2) is 4.39 Å². The Bertz CT molecular complexity index is 570. The molecule has 0 N–H and O–H groups in total. The second kappa shape index (κ2) is 8.38. The van der Waals surface area contributed by atoms with Crippen molar-refractivity contribution in [2.45, 2.75) is 45.2 Å². The third-order valence-electron chi connectivity index (χ3n) is 3.58. The average Bonchev–Trinajstić information content (AvgIpc) is 2.49. The first-order valence-electron chi connectivity index (χ1n) is 7.65. The third-order valence-corrected chi connectivity index (χ3v) is 4.07. The third kappa shape index (κ3) is 5.31. The van der Waals surface area contributed by atoms with E-state index >= 15 is 0 Å². The molecule has 0 saturated carbocycles. The van der Waals surface area contributed by atoms with Gasteiger partial charge in [-0.3, -0.25) is 0 Å². The highest BCUT2D eigenvalue weighted by molar-refractivity contribution is 9.10. The summed E-state index contributed by atoms with van der Waals surface area (Å²) in [5.74, 6) is 0.737. The van der Waals surface area contributed by atoms with Crippen LogP contribution < -0.4 is 4.74 Å². The lowest BCUT2D eigenvalue weighted by Crippen LogP contribution is -2.12. The molecule has 0 saturated heterocycles. The van der Waals surface area contributed by atoms with Crippen LogP contribution in [0.2, 0.25) is 0 Å². The van der Waals surface area contributed by atoms with Crippen LogP contribution in [0.15, 0.2) is 40.9 Å². The maximum Gasteiger partial charge on any atom is 0.134 e. The Morgan fingerprint density at radius 3 is 2.62 bits per heavy atom. The molecule has 0 aliphatic rings. The van der Waals surface area contributed by atoms with Crippen molar-refractivity contribution in [3.63, 3.8) is 0 Å². The Balaban J connectivity index is 1.84. The van der Waals surface area contributed by atoms with Crippen LogP contribution in [0.4, 0.5) is 4.39 Å².